The summed E-state index contributed by atoms with van der Waals surface area (Å²) in [6, 6.07) is 4.86. The molecule has 82 valence electrons. The highest BCUT2D eigenvalue weighted by molar-refractivity contribution is 6.30. The Hall–Kier alpha value is -1.72. The average Bonchev–Trinajstić information content (AvgIpc) is 2.30. The van der Waals surface area contributed by atoms with E-state index in [9.17, 15) is 0 Å². The Morgan fingerprint density at radius 2 is 2.12 bits per heavy atom. The molecule has 0 saturated heterocycles. The smallest absolute Gasteiger partial charge is 0.238 e. The fourth-order valence-corrected chi connectivity index (χ4v) is 1.22. The molecule has 2 heterocycles. The van der Waals surface area contributed by atoms with Crippen molar-refractivity contribution < 1.29 is 9.84 Å². The Bertz CT molecular complexity index is 476. The predicted molar refractivity (Wildman–Crippen MR) is 57.3 cm³/mol. The summed E-state index contributed by atoms with van der Waals surface area (Å²) in [4.78, 5) is 3.87. The third kappa shape index (κ3) is 2.65. The maximum atomic E-state index is 8.78. The van der Waals surface area contributed by atoms with Crippen molar-refractivity contribution in [3.05, 3.63) is 41.3 Å². The lowest BCUT2D eigenvalue weighted by atomic mass is 10.4. The molecule has 5 nitrogen and oxygen atoms in total. The SMILES string of the molecule is OCc1ccc(Oc2cncc(Cl)c2)nn1. The second-order valence-corrected chi connectivity index (χ2v) is 3.40. The zero-order chi connectivity index (χ0) is 11.4. The van der Waals surface area contributed by atoms with Gasteiger partial charge in [-0.1, -0.05) is 11.6 Å². The molecule has 0 amide bonds. The molecule has 2 aromatic rings. The Balaban J connectivity index is 2.14. The molecule has 0 aliphatic rings. The van der Waals surface area contributed by atoms with E-state index in [1.165, 1.54) is 12.4 Å². The topological polar surface area (TPSA) is 68.1 Å². The normalized spacial score (nSPS) is 10.1. The van der Waals surface area contributed by atoms with Crippen molar-refractivity contribution in [2.75, 3.05) is 0 Å². The monoisotopic (exact) mass is 237 g/mol. The quantitative estimate of drug-likeness (QED) is 0.882. The van der Waals surface area contributed by atoms with Crippen molar-refractivity contribution in [2.24, 2.45) is 0 Å². The van der Waals surface area contributed by atoms with Gasteiger partial charge in [0, 0.05) is 18.3 Å². The molecule has 2 aromatic heterocycles. The number of aliphatic hydroxyl groups is 1. The summed E-state index contributed by atoms with van der Waals surface area (Å²) in [6.45, 7) is -0.147. The minimum Gasteiger partial charge on any atom is -0.436 e. The Kier molecular flexibility index (Phi) is 3.28. The number of ether oxygens (including phenoxy) is 1. The van der Waals surface area contributed by atoms with E-state index in [0.717, 1.165) is 0 Å². The van der Waals surface area contributed by atoms with Crippen LogP contribution in [0.15, 0.2) is 30.6 Å². The molecule has 0 aliphatic carbocycles. The predicted octanol–water partition coefficient (Wildman–Crippen LogP) is 1.81. The Morgan fingerprint density at radius 1 is 1.25 bits per heavy atom. The van der Waals surface area contributed by atoms with Crippen LogP contribution in [0.3, 0.4) is 0 Å². The fourth-order valence-electron chi connectivity index (χ4n) is 1.06. The first-order valence-electron chi connectivity index (χ1n) is 4.50. The van der Waals surface area contributed by atoms with Crippen molar-refractivity contribution in [3.8, 4) is 11.6 Å². The lowest BCUT2D eigenvalue weighted by Gasteiger charge is -2.03. The second-order valence-electron chi connectivity index (χ2n) is 2.96. The number of rotatable bonds is 3. The van der Waals surface area contributed by atoms with E-state index >= 15 is 0 Å². The van der Waals surface area contributed by atoms with Crippen LogP contribution in [0, 0.1) is 0 Å². The molecular formula is C10H8ClN3O2. The molecule has 0 bridgehead atoms. The number of hydrogen-bond acceptors (Lipinski definition) is 5. The number of nitrogens with zero attached hydrogens (tertiary/aromatic N) is 3. The third-order valence-corrected chi connectivity index (χ3v) is 1.97. The van der Waals surface area contributed by atoms with Gasteiger partial charge in [-0.2, -0.15) is 0 Å². The van der Waals surface area contributed by atoms with Gasteiger partial charge in [-0.05, 0) is 6.07 Å². The zero-order valence-electron chi connectivity index (χ0n) is 8.17. The molecule has 2 rings (SSSR count). The summed E-state index contributed by atoms with van der Waals surface area (Å²) in [5.41, 5.74) is 0.483. The number of halogens is 1. The first-order valence-corrected chi connectivity index (χ1v) is 4.87. The van der Waals surface area contributed by atoms with E-state index in [1.807, 2.05) is 0 Å². The third-order valence-electron chi connectivity index (χ3n) is 1.76. The summed E-state index contributed by atoms with van der Waals surface area (Å²) in [6.07, 6.45) is 3.03. The number of pyridine rings is 1. The summed E-state index contributed by atoms with van der Waals surface area (Å²) >= 11 is 5.75. The van der Waals surface area contributed by atoms with Crippen LogP contribution in [-0.2, 0) is 6.61 Å². The highest BCUT2D eigenvalue weighted by atomic mass is 35.5. The van der Waals surface area contributed by atoms with Crippen molar-refractivity contribution >= 4 is 11.6 Å². The van der Waals surface area contributed by atoms with Gasteiger partial charge in [0.25, 0.3) is 0 Å². The average molecular weight is 238 g/mol. The van der Waals surface area contributed by atoms with Crippen LogP contribution in [0.25, 0.3) is 0 Å². The van der Waals surface area contributed by atoms with Crippen molar-refractivity contribution in [2.45, 2.75) is 6.61 Å². The Labute approximate surface area is 96.7 Å². The second kappa shape index (κ2) is 4.87. The van der Waals surface area contributed by atoms with E-state index < -0.39 is 0 Å². The van der Waals surface area contributed by atoms with E-state index in [2.05, 4.69) is 15.2 Å². The number of aliphatic hydroxyl groups excluding tert-OH is 1. The number of hydrogen-bond donors (Lipinski definition) is 1. The minimum atomic E-state index is -0.147. The first kappa shape index (κ1) is 10.8. The molecule has 16 heavy (non-hydrogen) atoms. The Morgan fingerprint density at radius 3 is 2.75 bits per heavy atom. The molecule has 0 saturated carbocycles. The molecule has 0 spiro atoms. The molecule has 0 unspecified atom stereocenters. The van der Waals surface area contributed by atoms with Crippen LogP contribution in [0.1, 0.15) is 5.69 Å². The highest BCUT2D eigenvalue weighted by Crippen LogP contribution is 2.20. The summed E-state index contributed by atoms with van der Waals surface area (Å²) in [5, 5.41) is 16.8. The van der Waals surface area contributed by atoms with Gasteiger partial charge in [0.05, 0.1) is 23.5 Å². The molecule has 0 aromatic carbocycles. The standard InChI is InChI=1S/C10H8ClN3O2/c11-7-3-9(5-12-4-7)16-10-2-1-8(6-15)13-14-10/h1-5,15H,6H2. The zero-order valence-corrected chi connectivity index (χ0v) is 8.92. The van der Waals surface area contributed by atoms with E-state index in [4.69, 9.17) is 21.4 Å². The van der Waals surface area contributed by atoms with Gasteiger partial charge in [0.2, 0.25) is 5.88 Å². The lowest BCUT2D eigenvalue weighted by molar-refractivity contribution is 0.274. The van der Waals surface area contributed by atoms with Gasteiger partial charge in [0.15, 0.2) is 0 Å². The molecule has 1 N–H and O–H groups in total. The summed E-state index contributed by atoms with van der Waals surface area (Å²) in [5.74, 6) is 0.805. The van der Waals surface area contributed by atoms with Crippen LogP contribution >= 0.6 is 11.6 Å². The van der Waals surface area contributed by atoms with E-state index in [0.29, 0.717) is 22.3 Å². The van der Waals surface area contributed by atoms with Crippen LogP contribution in [0.5, 0.6) is 11.6 Å². The van der Waals surface area contributed by atoms with Gasteiger partial charge in [-0.25, -0.2) is 0 Å². The van der Waals surface area contributed by atoms with Crippen molar-refractivity contribution in [1.29, 1.82) is 0 Å². The van der Waals surface area contributed by atoms with E-state index in [-0.39, 0.29) is 6.61 Å². The summed E-state index contributed by atoms with van der Waals surface area (Å²) < 4.78 is 5.36. The maximum absolute atomic E-state index is 8.78. The van der Waals surface area contributed by atoms with Crippen LogP contribution < -0.4 is 4.74 Å². The van der Waals surface area contributed by atoms with Gasteiger partial charge in [-0.15, -0.1) is 10.2 Å². The first-order chi connectivity index (χ1) is 7.78. The summed E-state index contributed by atoms with van der Waals surface area (Å²) in [7, 11) is 0. The molecule has 6 heteroatoms. The van der Waals surface area contributed by atoms with Crippen LogP contribution in [0.4, 0.5) is 0 Å². The van der Waals surface area contributed by atoms with Gasteiger partial charge < -0.3 is 9.84 Å². The van der Waals surface area contributed by atoms with Gasteiger partial charge in [0.1, 0.15) is 5.75 Å². The molecule has 0 aliphatic heterocycles. The van der Waals surface area contributed by atoms with E-state index in [1.54, 1.807) is 18.2 Å². The molecule has 0 radical (unpaired) electrons. The van der Waals surface area contributed by atoms with Crippen molar-refractivity contribution in [1.82, 2.24) is 15.2 Å². The molecular weight excluding hydrogens is 230 g/mol. The highest BCUT2D eigenvalue weighted by Gasteiger charge is 2.01. The van der Waals surface area contributed by atoms with Crippen molar-refractivity contribution in [3.63, 3.8) is 0 Å². The van der Waals surface area contributed by atoms with Gasteiger partial charge >= 0.3 is 0 Å². The molecule has 0 fully saturated rings. The maximum Gasteiger partial charge on any atom is 0.238 e. The fraction of sp³-hybridized carbons (Fsp3) is 0.100. The molecule has 0 atom stereocenters. The van der Waals surface area contributed by atoms with Gasteiger partial charge in [-0.3, -0.25) is 4.98 Å². The lowest BCUT2D eigenvalue weighted by Crippen LogP contribution is -1.95. The minimum absolute atomic E-state index is 0.147. The van der Waals surface area contributed by atoms with Crippen LogP contribution in [-0.4, -0.2) is 20.3 Å². The largest absolute Gasteiger partial charge is 0.436 e. The van der Waals surface area contributed by atoms with Crippen LogP contribution in [0.2, 0.25) is 5.02 Å². The number of aromatic nitrogens is 3.